The number of rotatable bonds is 8. The number of ether oxygens (including phenoxy) is 2. The fourth-order valence-electron chi connectivity index (χ4n) is 5.67. The van der Waals surface area contributed by atoms with E-state index in [0.29, 0.717) is 43.9 Å². The summed E-state index contributed by atoms with van der Waals surface area (Å²) in [5.41, 5.74) is 3.95. The van der Waals surface area contributed by atoms with E-state index in [-0.39, 0.29) is 30.7 Å². The lowest BCUT2D eigenvalue weighted by Gasteiger charge is -2.39. The number of hydrogen-bond donors (Lipinski definition) is 0. The van der Waals surface area contributed by atoms with Crippen LogP contribution in [-0.4, -0.2) is 46.6 Å². The number of nitriles is 1. The average molecular weight is 590 g/mol. The van der Waals surface area contributed by atoms with E-state index in [4.69, 9.17) is 21.1 Å². The standard InChI is InChI=1S/C32H32ClN3O4S/c1-4-39-32(38)27-14-23(17-34)30(35-20(27)3)41-18-21-6-8-22(9-7-21)31(37)36-24-10-11-25(36)16-26(15-24)40-29-13-19(2)5-12-28(29)33/h5-9,12-14,24-26H,4,10-11,15-16,18H2,1-3H3. The van der Waals surface area contributed by atoms with Gasteiger partial charge in [-0.15, -0.1) is 11.8 Å². The molecule has 2 aliphatic rings. The number of benzene rings is 2. The molecule has 2 unspecified atom stereocenters. The topological polar surface area (TPSA) is 92.5 Å². The Labute approximate surface area is 249 Å². The van der Waals surface area contributed by atoms with E-state index in [0.717, 1.165) is 36.8 Å². The molecule has 5 rings (SSSR count). The number of pyridine rings is 1. The zero-order valence-electron chi connectivity index (χ0n) is 23.4. The van der Waals surface area contributed by atoms with Gasteiger partial charge in [0.25, 0.3) is 5.91 Å². The van der Waals surface area contributed by atoms with Crippen LogP contribution in [0.2, 0.25) is 5.02 Å². The van der Waals surface area contributed by atoms with Gasteiger partial charge in [-0.2, -0.15) is 5.26 Å². The van der Waals surface area contributed by atoms with E-state index in [1.165, 1.54) is 11.8 Å². The molecule has 2 aromatic carbocycles. The molecule has 3 heterocycles. The number of carbonyl (C=O) groups is 2. The number of esters is 1. The zero-order chi connectivity index (χ0) is 29.1. The molecule has 212 valence electrons. The Balaban J connectivity index is 1.21. The molecule has 2 aliphatic heterocycles. The van der Waals surface area contributed by atoms with Gasteiger partial charge in [0.2, 0.25) is 0 Å². The number of aromatic nitrogens is 1. The van der Waals surface area contributed by atoms with Crippen molar-refractivity contribution in [2.24, 2.45) is 0 Å². The van der Waals surface area contributed by atoms with Crippen LogP contribution in [0.3, 0.4) is 0 Å². The molecular weight excluding hydrogens is 558 g/mol. The molecule has 2 saturated heterocycles. The van der Waals surface area contributed by atoms with Crippen LogP contribution in [0, 0.1) is 25.2 Å². The first kappa shape index (κ1) is 29.0. The molecule has 0 aliphatic carbocycles. The molecule has 41 heavy (non-hydrogen) atoms. The lowest BCUT2D eigenvalue weighted by Crippen LogP contribution is -2.49. The second-order valence-corrected chi connectivity index (χ2v) is 11.9. The summed E-state index contributed by atoms with van der Waals surface area (Å²) in [7, 11) is 0. The van der Waals surface area contributed by atoms with Crippen LogP contribution in [0.1, 0.15) is 75.7 Å². The summed E-state index contributed by atoms with van der Waals surface area (Å²) in [6, 6.07) is 17.4. The predicted octanol–water partition coefficient (Wildman–Crippen LogP) is 6.91. The van der Waals surface area contributed by atoms with Gasteiger partial charge in [0, 0.05) is 36.2 Å². The molecule has 0 radical (unpaired) electrons. The predicted molar refractivity (Wildman–Crippen MR) is 158 cm³/mol. The second kappa shape index (κ2) is 12.5. The Morgan fingerprint density at radius 1 is 1.10 bits per heavy atom. The van der Waals surface area contributed by atoms with Crippen molar-refractivity contribution in [1.82, 2.24) is 9.88 Å². The molecule has 2 atom stereocenters. The number of nitrogens with zero attached hydrogens (tertiary/aromatic N) is 3. The van der Waals surface area contributed by atoms with Crippen molar-refractivity contribution in [2.45, 2.75) is 75.4 Å². The molecule has 2 bridgehead atoms. The highest BCUT2D eigenvalue weighted by atomic mass is 35.5. The Hall–Kier alpha value is -3.54. The molecule has 0 spiro atoms. The van der Waals surface area contributed by atoms with E-state index >= 15 is 0 Å². The maximum atomic E-state index is 13.5. The minimum atomic E-state index is -0.480. The monoisotopic (exact) mass is 589 g/mol. The second-order valence-electron chi connectivity index (χ2n) is 10.5. The number of hydrogen-bond acceptors (Lipinski definition) is 7. The van der Waals surface area contributed by atoms with Gasteiger partial charge in [0.15, 0.2) is 0 Å². The lowest BCUT2D eigenvalue weighted by atomic mass is 9.98. The Bertz CT molecular complexity index is 1490. The summed E-state index contributed by atoms with van der Waals surface area (Å²) in [4.78, 5) is 32.3. The van der Waals surface area contributed by atoms with Crippen LogP contribution in [0.25, 0.3) is 0 Å². The van der Waals surface area contributed by atoms with Crippen molar-refractivity contribution >= 4 is 35.2 Å². The molecule has 2 fully saturated rings. The minimum Gasteiger partial charge on any atom is -0.489 e. The molecule has 9 heteroatoms. The Kier molecular flexibility index (Phi) is 8.86. The third-order valence-electron chi connectivity index (χ3n) is 7.68. The van der Waals surface area contributed by atoms with Crippen molar-refractivity contribution in [3.63, 3.8) is 0 Å². The number of halogens is 1. The van der Waals surface area contributed by atoms with Crippen LogP contribution in [-0.2, 0) is 10.5 Å². The van der Waals surface area contributed by atoms with Crippen molar-refractivity contribution in [3.8, 4) is 11.8 Å². The van der Waals surface area contributed by atoms with Gasteiger partial charge in [-0.25, -0.2) is 9.78 Å². The van der Waals surface area contributed by atoms with Gasteiger partial charge in [0.05, 0.1) is 28.5 Å². The third kappa shape index (κ3) is 6.37. The summed E-state index contributed by atoms with van der Waals surface area (Å²) in [6.07, 6.45) is 3.59. The molecule has 1 aromatic heterocycles. The van der Waals surface area contributed by atoms with E-state index in [2.05, 4.69) is 16.0 Å². The molecule has 0 N–H and O–H groups in total. The van der Waals surface area contributed by atoms with Crippen molar-refractivity contribution < 1.29 is 19.1 Å². The van der Waals surface area contributed by atoms with E-state index in [1.807, 2.05) is 49.4 Å². The highest BCUT2D eigenvalue weighted by molar-refractivity contribution is 7.98. The molecule has 1 amide bonds. The highest BCUT2D eigenvalue weighted by Gasteiger charge is 2.44. The number of piperidine rings is 1. The first-order valence-electron chi connectivity index (χ1n) is 13.8. The van der Waals surface area contributed by atoms with E-state index in [1.54, 1.807) is 19.9 Å². The van der Waals surface area contributed by atoms with Gasteiger partial charge in [0.1, 0.15) is 22.9 Å². The van der Waals surface area contributed by atoms with E-state index < -0.39 is 5.97 Å². The smallest absolute Gasteiger partial charge is 0.340 e. The number of fused-ring (bicyclic) bond motifs is 2. The zero-order valence-corrected chi connectivity index (χ0v) is 24.9. The summed E-state index contributed by atoms with van der Waals surface area (Å²) in [5, 5.41) is 10.8. The highest BCUT2D eigenvalue weighted by Crippen LogP contribution is 2.39. The molecule has 7 nitrogen and oxygen atoms in total. The molecule has 0 saturated carbocycles. The summed E-state index contributed by atoms with van der Waals surface area (Å²) in [6.45, 7) is 5.74. The van der Waals surface area contributed by atoms with Crippen LogP contribution >= 0.6 is 23.4 Å². The summed E-state index contributed by atoms with van der Waals surface area (Å²) in [5.74, 6) is 0.865. The first-order chi connectivity index (χ1) is 19.8. The number of thioether (sulfide) groups is 1. The number of aryl methyl sites for hydroxylation is 2. The average Bonchev–Trinajstić information content (AvgIpc) is 3.23. The van der Waals surface area contributed by atoms with Crippen LogP contribution in [0.15, 0.2) is 53.6 Å². The third-order valence-corrected chi connectivity index (χ3v) is 9.05. The van der Waals surface area contributed by atoms with Crippen molar-refractivity contribution in [1.29, 1.82) is 5.26 Å². The maximum absolute atomic E-state index is 13.5. The first-order valence-corrected chi connectivity index (χ1v) is 15.2. The van der Waals surface area contributed by atoms with Gasteiger partial charge >= 0.3 is 5.97 Å². The van der Waals surface area contributed by atoms with E-state index in [9.17, 15) is 14.9 Å². The minimum absolute atomic E-state index is 0.0390. The van der Waals surface area contributed by atoms with Gasteiger partial charge in [-0.1, -0.05) is 29.8 Å². The van der Waals surface area contributed by atoms with Crippen molar-refractivity contribution in [2.75, 3.05) is 6.61 Å². The largest absolute Gasteiger partial charge is 0.489 e. The fraction of sp³-hybridized carbons (Fsp3) is 0.375. The van der Waals surface area contributed by atoms with Crippen molar-refractivity contribution in [3.05, 3.63) is 87.1 Å². The lowest BCUT2D eigenvalue weighted by molar-refractivity contribution is 0.0358. The van der Waals surface area contributed by atoms with Gasteiger partial charge in [-0.05, 0) is 75.1 Å². The number of carbonyl (C=O) groups excluding carboxylic acids is 2. The van der Waals surface area contributed by atoms with Crippen LogP contribution in [0.5, 0.6) is 5.75 Å². The van der Waals surface area contributed by atoms with Crippen LogP contribution in [0.4, 0.5) is 0 Å². The normalized spacial score (nSPS) is 19.5. The Morgan fingerprint density at radius 3 is 2.46 bits per heavy atom. The summed E-state index contributed by atoms with van der Waals surface area (Å²) < 4.78 is 11.4. The molecule has 3 aromatic rings. The van der Waals surface area contributed by atoms with Gasteiger partial charge < -0.3 is 14.4 Å². The fourth-order valence-corrected chi connectivity index (χ4v) is 6.79. The Morgan fingerprint density at radius 2 is 1.80 bits per heavy atom. The quantitative estimate of drug-likeness (QED) is 0.208. The summed E-state index contributed by atoms with van der Waals surface area (Å²) >= 11 is 7.78. The van der Waals surface area contributed by atoms with Crippen LogP contribution < -0.4 is 4.74 Å². The van der Waals surface area contributed by atoms with Gasteiger partial charge in [-0.3, -0.25) is 4.79 Å². The maximum Gasteiger partial charge on any atom is 0.340 e. The SMILES string of the molecule is CCOC(=O)c1cc(C#N)c(SCc2ccc(C(=O)N3C4CCC3CC(Oc3cc(C)ccc3Cl)C4)cc2)nc1C. The number of amides is 1. The molecular formula is C32H32ClN3O4S.